The Kier molecular flexibility index (Phi) is 4.56. The van der Waals surface area contributed by atoms with Crippen LogP contribution >= 0.6 is 0 Å². The van der Waals surface area contributed by atoms with E-state index in [0.717, 1.165) is 25.1 Å². The average molecular weight is 261 g/mol. The second-order valence-electron chi connectivity index (χ2n) is 5.46. The Hall–Kier alpha value is -1.39. The van der Waals surface area contributed by atoms with Crippen LogP contribution < -0.4 is 5.73 Å². The van der Waals surface area contributed by atoms with Crippen LogP contribution in [0, 0.1) is 5.41 Å². The highest BCUT2D eigenvalue weighted by Crippen LogP contribution is 2.20. The van der Waals surface area contributed by atoms with Crippen LogP contribution in [-0.2, 0) is 11.3 Å². The maximum Gasteiger partial charge on any atom is 0.122 e. The van der Waals surface area contributed by atoms with Crippen molar-refractivity contribution in [2.45, 2.75) is 38.5 Å². The van der Waals surface area contributed by atoms with Crippen LogP contribution in [0.25, 0.3) is 0 Å². The lowest BCUT2D eigenvalue weighted by atomic mass is 10.1. The van der Waals surface area contributed by atoms with Gasteiger partial charge in [0, 0.05) is 18.7 Å². The lowest BCUT2D eigenvalue weighted by molar-refractivity contribution is 0.0352. The molecule has 0 amide bonds. The maximum absolute atomic E-state index is 7.46. The Morgan fingerprint density at radius 3 is 2.89 bits per heavy atom. The van der Waals surface area contributed by atoms with Gasteiger partial charge in [-0.25, -0.2) is 0 Å². The quantitative estimate of drug-likeness (QED) is 0.629. The largest absolute Gasteiger partial charge is 0.384 e. The van der Waals surface area contributed by atoms with E-state index in [1.807, 2.05) is 18.2 Å². The molecule has 1 saturated heterocycles. The summed E-state index contributed by atoms with van der Waals surface area (Å²) in [4.78, 5) is 2.27. The molecule has 0 saturated carbocycles. The SMILES string of the molecule is CC1CCC(CN(C)Cc2cccc(C(=N)N)c2)O1. The molecular formula is C15H23N3O. The standard InChI is InChI=1S/C15H23N3O/c1-11-6-7-14(19-11)10-18(2)9-12-4-3-5-13(8-12)15(16)17/h3-5,8,11,14H,6-7,9-10H2,1-2H3,(H3,16,17). The highest BCUT2D eigenvalue weighted by molar-refractivity contribution is 5.95. The van der Waals surface area contributed by atoms with Gasteiger partial charge in [0.2, 0.25) is 0 Å². The van der Waals surface area contributed by atoms with Gasteiger partial charge in [0.15, 0.2) is 0 Å². The number of rotatable bonds is 5. The maximum atomic E-state index is 7.46. The molecule has 1 heterocycles. The van der Waals surface area contributed by atoms with Crippen molar-refractivity contribution in [1.29, 1.82) is 5.41 Å². The minimum atomic E-state index is 0.123. The number of nitrogens with zero attached hydrogens (tertiary/aromatic N) is 1. The molecule has 1 fully saturated rings. The third-order valence-corrected chi connectivity index (χ3v) is 3.53. The van der Waals surface area contributed by atoms with Crippen LogP contribution in [0.1, 0.15) is 30.9 Å². The summed E-state index contributed by atoms with van der Waals surface area (Å²) in [6.07, 6.45) is 3.08. The summed E-state index contributed by atoms with van der Waals surface area (Å²) < 4.78 is 5.84. The van der Waals surface area contributed by atoms with Gasteiger partial charge in [0.05, 0.1) is 12.2 Å². The second-order valence-corrected chi connectivity index (χ2v) is 5.46. The summed E-state index contributed by atoms with van der Waals surface area (Å²) in [6, 6.07) is 7.87. The molecule has 2 rings (SSSR count). The van der Waals surface area contributed by atoms with Crippen molar-refractivity contribution in [3.63, 3.8) is 0 Å². The van der Waals surface area contributed by atoms with Crippen LogP contribution in [0.15, 0.2) is 24.3 Å². The number of nitrogens with two attached hydrogens (primary N) is 1. The number of amidine groups is 1. The number of likely N-dealkylation sites (N-methyl/N-ethyl adjacent to an activating group) is 1. The highest BCUT2D eigenvalue weighted by Gasteiger charge is 2.22. The van der Waals surface area contributed by atoms with E-state index >= 15 is 0 Å². The Morgan fingerprint density at radius 2 is 2.26 bits per heavy atom. The van der Waals surface area contributed by atoms with Gasteiger partial charge in [-0.05, 0) is 38.4 Å². The molecule has 1 aromatic carbocycles. The zero-order valence-electron chi connectivity index (χ0n) is 11.7. The minimum absolute atomic E-state index is 0.123. The van der Waals surface area contributed by atoms with Crippen LogP contribution in [0.2, 0.25) is 0 Å². The van der Waals surface area contributed by atoms with Gasteiger partial charge in [-0.3, -0.25) is 10.3 Å². The number of ether oxygens (including phenoxy) is 1. The molecule has 19 heavy (non-hydrogen) atoms. The molecule has 0 spiro atoms. The van der Waals surface area contributed by atoms with Gasteiger partial charge >= 0.3 is 0 Å². The lowest BCUT2D eigenvalue weighted by Gasteiger charge is -2.21. The molecule has 2 unspecified atom stereocenters. The predicted molar refractivity (Wildman–Crippen MR) is 77.4 cm³/mol. The first kappa shape index (κ1) is 14.0. The fourth-order valence-electron chi connectivity index (χ4n) is 2.58. The van der Waals surface area contributed by atoms with Gasteiger partial charge in [0.1, 0.15) is 5.84 Å². The number of hydrogen-bond donors (Lipinski definition) is 2. The molecule has 1 aliphatic rings. The number of nitrogen functional groups attached to an aromatic ring is 1. The van der Waals surface area contributed by atoms with Gasteiger partial charge in [-0.15, -0.1) is 0 Å². The van der Waals surface area contributed by atoms with Crippen molar-refractivity contribution in [3.8, 4) is 0 Å². The molecule has 3 N–H and O–H groups in total. The molecule has 0 bridgehead atoms. The topological polar surface area (TPSA) is 62.3 Å². The fraction of sp³-hybridized carbons (Fsp3) is 0.533. The van der Waals surface area contributed by atoms with E-state index in [0.29, 0.717) is 12.2 Å². The smallest absolute Gasteiger partial charge is 0.122 e. The van der Waals surface area contributed by atoms with E-state index in [-0.39, 0.29) is 5.84 Å². The van der Waals surface area contributed by atoms with Crippen molar-refractivity contribution in [2.24, 2.45) is 5.73 Å². The first-order chi connectivity index (χ1) is 9.04. The van der Waals surface area contributed by atoms with Crippen molar-refractivity contribution < 1.29 is 4.74 Å². The first-order valence-electron chi connectivity index (χ1n) is 6.82. The lowest BCUT2D eigenvalue weighted by Crippen LogP contribution is -2.29. The Morgan fingerprint density at radius 1 is 1.47 bits per heavy atom. The number of benzene rings is 1. The van der Waals surface area contributed by atoms with Gasteiger partial charge < -0.3 is 10.5 Å². The van der Waals surface area contributed by atoms with E-state index in [9.17, 15) is 0 Å². The Labute approximate surface area is 115 Å². The van der Waals surface area contributed by atoms with Crippen LogP contribution in [0.3, 0.4) is 0 Å². The summed E-state index contributed by atoms with van der Waals surface area (Å²) in [6.45, 7) is 3.94. The molecule has 2 atom stereocenters. The number of hydrogen-bond acceptors (Lipinski definition) is 3. The molecule has 0 aromatic heterocycles. The third kappa shape index (κ3) is 4.04. The molecule has 4 nitrogen and oxygen atoms in total. The third-order valence-electron chi connectivity index (χ3n) is 3.53. The van der Waals surface area contributed by atoms with E-state index in [4.69, 9.17) is 15.9 Å². The monoisotopic (exact) mass is 261 g/mol. The minimum Gasteiger partial charge on any atom is -0.384 e. The molecule has 0 aliphatic carbocycles. The molecule has 4 heteroatoms. The summed E-state index contributed by atoms with van der Waals surface area (Å²) in [5.41, 5.74) is 7.48. The zero-order chi connectivity index (χ0) is 13.8. The summed E-state index contributed by atoms with van der Waals surface area (Å²) in [7, 11) is 2.10. The van der Waals surface area contributed by atoms with Crippen LogP contribution in [0.4, 0.5) is 0 Å². The van der Waals surface area contributed by atoms with Gasteiger partial charge in [0.25, 0.3) is 0 Å². The molecular weight excluding hydrogens is 238 g/mol. The Bertz CT molecular complexity index is 447. The fourth-order valence-corrected chi connectivity index (χ4v) is 2.58. The predicted octanol–water partition coefficient (Wildman–Crippen LogP) is 1.97. The second kappa shape index (κ2) is 6.17. The van der Waals surface area contributed by atoms with E-state index in [1.54, 1.807) is 0 Å². The number of nitrogens with one attached hydrogen (secondary N) is 1. The summed E-state index contributed by atoms with van der Waals surface area (Å²) in [5.74, 6) is 0.123. The van der Waals surface area contributed by atoms with Crippen molar-refractivity contribution in [2.75, 3.05) is 13.6 Å². The zero-order valence-corrected chi connectivity index (χ0v) is 11.7. The van der Waals surface area contributed by atoms with Crippen molar-refractivity contribution in [3.05, 3.63) is 35.4 Å². The average Bonchev–Trinajstić information content (AvgIpc) is 2.74. The van der Waals surface area contributed by atoms with E-state index < -0.39 is 0 Å². The highest BCUT2D eigenvalue weighted by atomic mass is 16.5. The van der Waals surface area contributed by atoms with Crippen LogP contribution in [-0.4, -0.2) is 36.5 Å². The van der Waals surface area contributed by atoms with Gasteiger partial charge in [-0.2, -0.15) is 0 Å². The summed E-state index contributed by atoms with van der Waals surface area (Å²) >= 11 is 0. The van der Waals surface area contributed by atoms with Crippen molar-refractivity contribution >= 4 is 5.84 Å². The van der Waals surface area contributed by atoms with E-state index in [2.05, 4.69) is 24.9 Å². The van der Waals surface area contributed by atoms with Gasteiger partial charge in [-0.1, -0.05) is 18.2 Å². The van der Waals surface area contributed by atoms with E-state index in [1.165, 1.54) is 12.0 Å². The Balaban J connectivity index is 1.89. The molecule has 104 valence electrons. The molecule has 1 aromatic rings. The normalized spacial score (nSPS) is 22.9. The van der Waals surface area contributed by atoms with Crippen molar-refractivity contribution in [1.82, 2.24) is 4.90 Å². The molecule has 0 radical (unpaired) electrons. The summed E-state index contributed by atoms with van der Waals surface area (Å²) in [5, 5.41) is 7.46. The molecule has 1 aliphatic heterocycles. The first-order valence-corrected chi connectivity index (χ1v) is 6.82. The van der Waals surface area contributed by atoms with Crippen LogP contribution in [0.5, 0.6) is 0 Å².